The van der Waals surface area contributed by atoms with E-state index in [1.165, 1.54) is 16.0 Å². The van der Waals surface area contributed by atoms with E-state index in [0.717, 1.165) is 35.9 Å². The number of aliphatic carboxylic acids is 1. The maximum atomic E-state index is 10.8. The molecule has 4 nitrogen and oxygen atoms in total. The van der Waals surface area contributed by atoms with Crippen molar-refractivity contribution >= 4 is 29.0 Å². The Hall–Kier alpha value is -2.37. The smallest absolute Gasteiger partial charge is 0.328 e. The van der Waals surface area contributed by atoms with Crippen molar-refractivity contribution in [2.75, 3.05) is 20.6 Å². The molecule has 5 heteroatoms. The third-order valence-corrected chi connectivity index (χ3v) is 5.00. The van der Waals surface area contributed by atoms with E-state index in [0.29, 0.717) is 6.61 Å². The number of carboxylic acid groups (broad SMARTS) is 1. The fourth-order valence-corrected chi connectivity index (χ4v) is 3.76. The molecule has 0 radical (unpaired) electrons. The molecule has 3 rings (SSSR count). The number of benzene rings is 1. The number of hydrogen-bond acceptors (Lipinski definition) is 4. The molecular weight excluding hydrogens is 334 g/mol. The van der Waals surface area contributed by atoms with Gasteiger partial charge in [0.2, 0.25) is 0 Å². The molecule has 1 aromatic heterocycles. The monoisotopic (exact) mass is 355 g/mol. The van der Waals surface area contributed by atoms with Crippen molar-refractivity contribution in [3.8, 4) is 5.75 Å². The molecule has 0 amide bonds. The van der Waals surface area contributed by atoms with Crippen LogP contribution in [0.25, 0.3) is 11.6 Å². The van der Waals surface area contributed by atoms with E-state index < -0.39 is 5.97 Å². The number of carboxylic acids is 1. The predicted octanol–water partition coefficient (Wildman–Crippen LogP) is 4.12. The molecule has 2 heterocycles. The van der Waals surface area contributed by atoms with Crippen LogP contribution in [0, 0.1) is 0 Å². The van der Waals surface area contributed by atoms with E-state index >= 15 is 0 Å². The van der Waals surface area contributed by atoms with Crippen LogP contribution in [0.5, 0.6) is 5.75 Å². The number of fused-ring (bicyclic) bond motifs is 2. The third-order valence-electron chi connectivity index (χ3n) is 4.01. The van der Waals surface area contributed by atoms with E-state index in [1.807, 2.05) is 18.2 Å². The number of hydrogen-bond donors (Lipinski definition) is 1. The zero-order valence-electron chi connectivity index (χ0n) is 14.4. The topological polar surface area (TPSA) is 49.8 Å². The number of thiophene rings is 1. The lowest BCUT2D eigenvalue weighted by Gasteiger charge is -2.12. The lowest BCUT2D eigenvalue weighted by atomic mass is 9.98. The molecule has 1 aromatic carbocycles. The molecule has 2 aromatic rings. The molecule has 0 bridgehead atoms. The molecule has 1 aliphatic heterocycles. The van der Waals surface area contributed by atoms with E-state index in [1.54, 1.807) is 17.4 Å². The van der Waals surface area contributed by atoms with E-state index in [9.17, 15) is 4.79 Å². The van der Waals surface area contributed by atoms with Crippen LogP contribution >= 0.6 is 11.3 Å². The van der Waals surface area contributed by atoms with Gasteiger partial charge < -0.3 is 14.7 Å². The highest BCUT2D eigenvalue weighted by Crippen LogP contribution is 2.40. The average molecular weight is 355 g/mol. The summed E-state index contributed by atoms with van der Waals surface area (Å²) in [6.45, 7) is 1.53. The normalized spacial score (nSPS) is 15.1. The van der Waals surface area contributed by atoms with Crippen molar-refractivity contribution in [2.24, 2.45) is 0 Å². The maximum Gasteiger partial charge on any atom is 0.328 e. The highest BCUT2D eigenvalue weighted by Gasteiger charge is 2.20. The average Bonchev–Trinajstić information content (AvgIpc) is 2.98. The molecule has 1 aliphatic rings. The summed E-state index contributed by atoms with van der Waals surface area (Å²) in [5.41, 5.74) is 4.24. The summed E-state index contributed by atoms with van der Waals surface area (Å²) in [5, 5.41) is 10.9. The van der Waals surface area contributed by atoms with Crippen LogP contribution in [0.1, 0.15) is 28.0 Å². The lowest BCUT2D eigenvalue weighted by molar-refractivity contribution is -0.131. The highest BCUT2D eigenvalue weighted by atomic mass is 32.1. The van der Waals surface area contributed by atoms with Crippen LogP contribution in [0.3, 0.4) is 0 Å². The van der Waals surface area contributed by atoms with Crippen LogP contribution in [0.4, 0.5) is 0 Å². The quantitative estimate of drug-likeness (QED) is 0.820. The largest absolute Gasteiger partial charge is 0.488 e. The Kier molecular flexibility index (Phi) is 5.36. The van der Waals surface area contributed by atoms with Gasteiger partial charge in [0.1, 0.15) is 12.4 Å². The second kappa shape index (κ2) is 7.68. The van der Waals surface area contributed by atoms with Gasteiger partial charge >= 0.3 is 5.97 Å². The zero-order chi connectivity index (χ0) is 17.8. The fourth-order valence-electron chi connectivity index (χ4n) is 2.79. The molecular formula is C20H21NO3S. The molecule has 0 saturated heterocycles. The van der Waals surface area contributed by atoms with E-state index in [4.69, 9.17) is 9.84 Å². The molecule has 0 saturated carbocycles. The summed E-state index contributed by atoms with van der Waals surface area (Å²) in [7, 11) is 4.13. The number of carbonyl (C=O) groups is 1. The Morgan fingerprint density at radius 3 is 2.96 bits per heavy atom. The van der Waals surface area contributed by atoms with Crippen molar-refractivity contribution in [3.05, 3.63) is 63.4 Å². The Labute approximate surface area is 151 Å². The van der Waals surface area contributed by atoms with E-state index in [2.05, 4.69) is 36.5 Å². The maximum absolute atomic E-state index is 10.8. The van der Waals surface area contributed by atoms with Crippen molar-refractivity contribution in [1.29, 1.82) is 0 Å². The molecule has 25 heavy (non-hydrogen) atoms. The van der Waals surface area contributed by atoms with Crippen molar-refractivity contribution in [3.63, 3.8) is 0 Å². The van der Waals surface area contributed by atoms with Crippen LogP contribution in [-0.2, 0) is 11.4 Å². The molecule has 0 fully saturated rings. The summed E-state index contributed by atoms with van der Waals surface area (Å²) in [6, 6.07) is 7.92. The first-order chi connectivity index (χ1) is 12.0. The Balaban J connectivity index is 2.04. The summed E-state index contributed by atoms with van der Waals surface area (Å²) in [5.74, 6) is -0.111. The van der Waals surface area contributed by atoms with Gasteiger partial charge in [-0.2, -0.15) is 0 Å². The molecule has 0 aliphatic carbocycles. The van der Waals surface area contributed by atoms with Gasteiger partial charge in [0, 0.05) is 28.6 Å². The molecule has 0 unspecified atom stereocenters. The molecule has 130 valence electrons. The minimum Gasteiger partial charge on any atom is -0.488 e. The van der Waals surface area contributed by atoms with Crippen LogP contribution in [0.15, 0.2) is 41.8 Å². The summed E-state index contributed by atoms with van der Waals surface area (Å²) in [4.78, 5) is 14.2. The second-order valence-corrected chi connectivity index (χ2v) is 7.12. The second-order valence-electron chi connectivity index (χ2n) is 6.20. The van der Waals surface area contributed by atoms with Gasteiger partial charge in [0.25, 0.3) is 0 Å². The van der Waals surface area contributed by atoms with Gasteiger partial charge in [-0.25, -0.2) is 4.79 Å². The van der Waals surface area contributed by atoms with Crippen LogP contribution < -0.4 is 4.74 Å². The van der Waals surface area contributed by atoms with Crippen molar-refractivity contribution in [1.82, 2.24) is 4.90 Å². The zero-order valence-corrected chi connectivity index (χ0v) is 15.2. The van der Waals surface area contributed by atoms with Crippen LogP contribution in [-0.4, -0.2) is 36.6 Å². The molecule has 0 atom stereocenters. The minimum atomic E-state index is -0.950. The first kappa shape index (κ1) is 17.5. The summed E-state index contributed by atoms with van der Waals surface area (Å²) < 4.78 is 5.99. The minimum absolute atomic E-state index is 0.557. The number of rotatable bonds is 5. The van der Waals surface area contributed by atoms with Gasteiger partial charge in [0.05, 0.1) is 0 Å². The Morgan fingerprint density at radius 1 is 1.36 bits per heavy atom. The highest BCUT2D eigenvalue weighted by molar-refractivity contribution is 7.11. The van der Waals surface area contributed by atoms with E-state index in [-0.39, 0.29) is 0 Å². The first-order valence-corrected chi connectivity index (χ1v) is 9.02. The first-order valence-electron chi connectivity index (χ1n) is 8.14. The predicted molar refractivity (Wildman–Crippen MR) is 102 cm³/mol. The number of ether oxygens (including phenoxy) is 1. The van der Waals surface area contributed by atoms with Crippen LogP contribution in [0.2, 0.25) is 0 Å². The lowest BCUT2D eigenvalue weighted by Crippen LogP contribution is -2.12. The Bertz CT molecular complexity index is 833. The number of nitrogens with zero attached hydrogens (tertiary/aromatic N) is 1. The van der Waals surface area contributed by atoms with Crippen molar-refractivity contribution in [2.45, 2.75) is 13.0 Å². The van der Waals surface area contributed by atoms with Gasteiger partial charge in [-0.15, -0.1) is 11.3 Å². The Morgan fingerprint density at radius 2 is 2.20 bits per heavy atom. The molecule has 0 spiro atoms. The van der Waals surface area contributed by atoms with Gasteiger partial charge in [-0.05, 0) is 61.3 Å². The van der Waals surface area contributed by atoms with Gasteiger partial charge in [0.15, 0.2) is 0 Å². The van der Waals surface area contributed by atoms with Gasteiger partial charge in [-0.1, -0.05) is 12.1 Å². The van der Waals surface area contributed by atoms with Crippen molar-refractivity contribution < 1.29 is 14.6 Å². The fraction of sp³-hybridized carbons (Fsp3) is 0.250. The van der Waals surface area contributed by atoms with Gasteiger partial charge in [-0.3, -0.25) is 0 Å². The molecule has 1 N–H and O–H groups in total. The SMILES string of the molecule is CN(C)CCC=C1c2cc(C=CC(=O)O)ccc2OCc2ccsc21. The summed E-state index contributed by atoms with van der Waals surface area (Å²) in [6.07, 6.45) is 5.97. The summed E-state index contributed by atoms with van der Waals surface area (Å²) >= 11 is 1.72. The standard InChI is InChI=1S/C20H21NO3S/c1-21(2)10-3-4-16-17-12-14(6-8-19(22)23)5-7-18(17)24-13-15-9-11-25-20(15)16/h4-9,11-12H,3,10,13H2,1-2H3,(H,22,23). The third kappa shape index (κ3) is 4.18.